The Balaban J connectivity index is 1.53. The van der Waals surface area contributed by atoms with Crippen LogP contribution >= 0.6 is 11.8 Å². The number of Topliss-reactive ketones (excluding diaryl/α,β-unsaturated/α-hetero) is 1. The number of ketones is 1. The summed E-state index contributed by atoms with van der Waals surface area (Å²) in [4.78, 5) is 28.4. The molecule has 126 valence electrons. The van der Waals surface area contributed by atoms with Crippen molar-refractivity contribution in [2.45, 2.75) is 43.4 Å². The Hall–Kier alpha value is -2.08. The van der Waals surface area contributed by atoms with Gasteiger partial charge in [-0.3, -0.25) is 9.59 Å². The minimum Gasteiger partial charge on any atom is -0.345 e. The average molecular weight is 343 g/mol. The molecular weight excluding hydrogens is 322 g/mol. The van der Waals surface area contributed by atoms with Crippen molar-refractivity contribution in [3.63, 3.8) is 0 Å². The molecule has 1 heterocycles. The maximum atomic E-state index is 12.2. The second kappa shape index (κ2) is 7.66. The van der Waals surface area contributed by atoms with Gasteiger partial charge in [-0.15, -0.1) is 0 Å². The van der Waals surface area contributed by atoms with Crippen molar-refractivity contribution in [1.82, 2.24) is 14.9 Å². The Morgan fingerprint density at radius 2 is 2.08 bits per heavy atom. The first-order valence-corrected chi connectivity index (χ1v) is 9.11. The Bertz CT molecular complexity index is 710. The number of hydrogen-bond acceptors (Lipinski definition) is 4. The fourth-order valence-corrected chi connectivity index (χ4v) is 3.39. The van der Waals surface area contributed by atoms with Crippen molar-refractivity contribution in [2.24, 2.45) is 0 Å². The van der Waals surface area contributed by atoms with Crippen molar-refractivity contribution >= 4 is 23.5 Å². The maximum absolute atomic E-state index is 12.2. The molecule has 1 saturated carbocycles. The Morgan fingerprint density at radius 1 is 1.33 bits per heavy atom. The van der Waals surface area contributed by atoms with E-state index < -0.39 is 6.04 Å². The fraction of sp³-hybridized carbons (Fsp3) is 0.389. The van der Waals surface area contributed by atoms with Gasteiger partial charge in [-0.05, 0) is 31.7 Å². The molecule has 6 heteroatoms. The summed E-state index contributed by atoms with van der Waals surface area (Å²) in [6, 6.07) is 9.78. The molecule has 0 spiro atoms. The highest BCUT2D eigenvalue weighted by Gasteiger charge is 2.26. The molecule has 2 aromatic rings. The van der Waals surface area contributed by atoms with Crippen LogP contribution in [0.1, 0.15) is 31.4 Å². The lowest BCUT2D eigenvalue weighted by Crippen LogP contribution is -2.42. The summed E-state index contributed by atoms with van der Waals surface area (Å²) in [5, 5.41) is 3.72. The Kier molecular flexibility index (Phi) is 5.35. The third-order valence-electron chi connectivity index (χ3n) is 4.01. The molecule has 1 aliphatic carbocycles. The van der Waals surface area contributed by atoms with Crippen LogP contribution in [0.25, 0.3) is 0 Å². The zero-order valence-electron chi connectivity index (χ0n) is 13.6. The van der Waals surface area contributed by atoms with Gasteiger partial charge in [-0.25, -0.2) is 4.98 Å². The monoisotopic (exact) mass is 343 g/mol. The van der Waals surface area contributed by atoms with Crippen molar-refractivity contribution in [3.8, 4) is 0 Å². The first kappa shape index (κ1) is 16.8. The van der Waals surface area contributed by atoms with Crippen LogP contribution < -0.4 is 5.32 Å². The highest BCUT2D eigenvalue weighted by atomic mass is 32.2. The van der Waals surface area contributed by atoms with Gasteiger partial charge in [0.2, 0.25) is 5.91 Å². The number of nitrogens with zero attached hydrogens (tertiary/aromatic N) is 2. The van der Waals surface area contributed by atoms with Gasteiger partial charge in [0.25, 0.3) is 0 Å². The first-order chi connectivity index (χ1) is 11.6. The number of nitrogens with one attached hydrogen (secondary N) is 1. The summed E-state index contributed by atoms with van der Waals surface area (Å²) in [5.41, 5.74) is 1.04. The number of aromatic nitrogens is 2. The number of thioether (sulfide) groups is 1. The molecule has 5 nitrogen and oxygen atoms in total. The van der Waals surface area contributed by atoms with E-state index in [1.807, 2.05) is 36.5 Å². The van der Waals surface area contributed by atoms with E-state index in [4.69, 9.17) is 0 Å². The molecule has 1 atom stereocenters. The van der Waals surface area contributed by atoms with Crippen LogP contribution in [-0.2, 0) is 16.0 Å². The molecule has 1 amide bonds. The average Bonchev–Trinajstić information content (AvgIpc) is 3.31. The van der Waals surface area contributed by atoms with Gasteiger partial charge in [-0.1, -0.05) is 42.1 Å². The van der Waals surface area contributed by atoms with Crippen LogP contribution in [0.2, 0.25) is 0 Å². The van der Waals surface area contributed by atoms with E-state index in [9.17, 15) is 9.59 Å². The number of benzene rings is 1. The fourth-order valence-electron chi connectivity index (χ4n) is 2.55. The Labute approximate surface area is 145 Å². The van der Waals surface area contributed by atoms with Crippen molar-refractivity contribution < 1.29 is 9.59 Å². The second-order valence-corrected chi connectivity index (χ2v) is 7.00. The zero-order chi connectivity index (χ0) is 16.9. The van der Waals surface area contributed by atoms with Crippen LogP contribution in [0.5, 0.6) is 0 Å². The predicted molar refractivity (Wildman–Crippen MR) is 94.0 cm³/mol. The number of carbonyl (C=O) groups excluding carboxylic acids is 2. The third kappa shape index (κ3) is 4.47. The van der Waals surface area contributed by atoms with Gasteiger partial charge in [0, 0.05) is 18.4 Å². The molecule has 1 aliphatic rings. The number of hydrogen-bond donors (Lipinski definition) is 1. The highest BCUT2D eigenvalue weighted by Crippen LogP contribution is 2.37. The predicted octanol–water partition coefficient (Wildman–Crippen LogP) is 2.63. The molecule has 1 unspecified atom stereocenters. The zero-order valence-corrected chi connectivity index (χ0v) is 14.5. The number of carbonyl (C=O) groups is 2. The number of rotatable bonds is 8. The summed E-state index contributed by atoms with van der Waals surface area (Å²) < 4.78 is 2.13. The van der Waals surface area contributed by atoms with Gasteiger partial charge in [0.05, 0.1) is 11.8 Å². The summed E-state index contributed by atoms with van der Waals surface area (Å²) in [5.74, 6) is 0.0978. The maximum Gasteiger partial charge on any atom is 0.231 e. The van der Waals surface area contributed by atoms with Gasteiger partial charge in [0.1, 0.15) is 0 Å². The molecule has 0 bridgehead atoms. The molecule has 24 heavy (non-hydrogen) atoms. The van der Waals surface area contributed by atoms with Crippen LogP contribution in [0, 0.1) is 0 Å². The largest absolute Gasteiger partial charge is 0.345 e. The molecule has 0 aliphatic heterocycles. The summed E-state index contributed by atoms with van der Waals surface area (Å²) in [6.07, 6.45) is 6.61. The highest BCUT2D eigenvalue weighted by molar-refractivity contribution is 7.99. The van der Waals surface area contributed by atoms with Crippen LogP contribution in [0.15, 0.2) is 47.9 Å². The molecule has 0 radical (unpaired) electrons. The summed E-state index contributed by atoms with van der Waals surface area (Å²) in [7, 11) is 0. The SMILES string of the molecule is CC(=O)C(Cc1ccccc1)NC(=O)CSc1nccn1C1CC1. The van der Waals surface area contributed by atoms with E-state index in [0.717, 1.165) is 10.7 Å². The summed E-state index contributed by atoms with van der Waals surface area (Å²) in [6.45, 7) is 1.51. The smallest absolute Gasteiger partial charge is 0.231 e. The van der Waals surface area contributed by atoms with Crippen molar-refractivity contribution in [3.05, 3.63) is 48.3 Å². The van der Waals surface area contributed by atoms with Crippen LogP contribution in [0.3, 0.4) is 0 Å². The normalized spacial score (nSPS) is 15.0. The summed E-state index contributed by atoms with van der Waals surface area (Å²) >= 11 is 1.42. The molecule has 3 rings (SSSR count). The van der Waals surface area contributed by atoms with E-state index in [-0.39, 0.29) is 17.4 Å². The van der Waals surface area contributed by atoms with E-state index >= 15 is 0 Å². The molecule has 1 fully saturated rings. The molecule has 1 N–H and O–H groups in total. The van der Waals surface area contributed by atoms with Crippen LogP contribution in [-0.4, -0.2) is 33.0 Å². The van der Waals surface area contributed by atoms with E-state index in [2.05, 4.69) is 14.9 Å². The first-order valence-electron chi connectivity index (χ1n) is 8.13. The minimum absolute atomic E-state index is 0.0308. The van der Waals surface area contributed by atoms with E-state index in [1.54, 1.807) is 6.20 Å². The lowest BCUT2D eigenvalue weighted by molar-refractivity contribution is -0.125. The number of amides is 1. The van der Waals surface area contributed by atoms with Gasteiger partial charge >= 0.3 is 0 Å². The number of imidazole rings is 1. The van der Waals surface area contributed by atoms with E-state index in [0.29, 0.717) is 12.5 Å². The van der Waals surface area contributed by atoms with Gasteiger partial charge < -0.3 is 9.88 Å². The van der Waals surface area contributed by atoms with Gasteiger partial charge in [0.15, 0.2) is 10.9 Å². The quantitative estimate of drug-likeness (QED) is 0.749. The topological polar surface area (TPSA) is 64.0 Å². The second-order valence-electron chi connectivity index (χ2n) is 6.06. The minimum atomic E-state index is -0.483. The van der Waals surface area contributed by atoms with Gasteiger partial charge in [-0.2, -0.15) is 0 Å². The van der Waals surface area contributed by atoms with E-state index in [1.165, 1.54) is 31.5 Å². The lowest BCUT2D eigenvalue weighted by atomic mass is 10.0. The third-order valence-corrected chi connectivity index (χ3v) is 5.00. The van der Waals surface area contributed by atoms with Crippen molar-refractivity contribution in [2.75, 3.05) is 5.75 Å². The molecule has 0 saturated heterocycles. The molecule has 1 aromatic heterocycles. The van der Waals surface area contributed by atoms with Crippen LogP contribution in [0.4, 0.5) is 0 Å². The Morgan fingerprint density at radius 3 is 2.75 bits per heavy atom. The standard InChI is InChI=1S/C18H21N3O2S/c1-13(22)16(11-14-5-3-2-4-6-14)20-17(23)12-24-18-19-9-10-21(18)15-7-8-15/h2-6,9-10,15-16H,7-8,11-12H2,1H3,(H,20,23). The van der Waals surface area contributed by atoms with Crippen molar-refractivity contribution in [1.29, 1.82) is 0 Å². The lowest BCUT2D eigenvalue weighted by Gasteiger charge is -2.16. The molecular formula is C18H21N3O2S. The molecule has 1 aromatic carbocycles.